The Kier molecular flexibility index (Phi) is 6.11. The highest BCUT2D eigenvalue weighted by molar-refractivity contribution is 7.86. The van der Waals surface area contributed by atoms with Crippen molar-refractivity contribution in [2.24, 2.45) is 0 Å². The summed E-state index contributed by atoms with van der Waals surface area (Å²) in [5.74, 6) is 0.319. The summed E-state index contributed by atoms with van der Waals surface area (Å²) in [5, 5.41) is 0. The Morgan fingerprint density at radius 2 is 1.73 bits per heavy atom. The van der Waals surface area contributed by atoms with Crippen molar-refractivity contribution < 1.29 is 22.1 Å². The summed E-state index contributed by atoms with van der Waals surface area (Å²) in [6, 6.07) is 8.37. The van der Waals surface area contributed by atoms with E-state index in [9.17, 15) is 17.4 Å². The highest BCUT2D eigenvalue weighted by atomic mass is 32.2. The molecule has 0 aliphatic heterocycles. The van der Waals surface area contributed by atoms with Gasteiger partial charge < -0.3 is 4.74 Å². The van der Waals surface area contributed by atoms with E-state index < -0.39 is 33.2 Å². The second-order valence-electron chi connectivity index (χ2n) is 6.89. The zero-order valence-electron chi connectivity index (χ0n) is 15.1. The van der Waals surface area contributed by atoms with E-state index in [1.54, 1.807) is 18.3 Å². The van der Waals surface area contributed by atoms with Gasteiger partial charge >= 0.3 is 6.18 Å². The Bertz CT molecular complexity index is 768. The number of aromatic nitrogens is 1. The standard InChI is InChI=1S/C19H22F3NO2S/c1-18(2,3)26(24)12-15(17-16(25-4)6-5-11-23-17)13-7-9-14(10-8-13)19(20,21)22/h5-11,15H,12H2,1-4H3/t15-,26+/m0/s1. The Morgan fingerprint density at radius 3 is 2.23 bits per heavy atom. The molecule has 0 saturated carbocycles. The van der Waals surface area contributed by atoms with Crippen LogP contribution in [0.15, 0.2) is 42.6 Å². The van der Waals surface area contributed by atoms with E-state index in [1.165, 1.54) is 19.2 Å². The van der Waals surface area contributed by atoms with Gasteiger partial charge in [-0.2, -0.15) is 13.2 Å². The molecule has 2 rings (SSSR count). The number of halogens is 3. The lowest BCUT2D eigenvalue weighted by molar-refractivity contribution is -0.137. The predicted molar refractivity (Wildman–Crippen MR) is 96.8 cm³/mol. The molecule has 0 radical (unpaired) electrons. The van der Waals surface area contributed by atoms with Gasteiger partial charge in [0, 0.05) is 33.4 Å². The topological polar surface area (TPSA) is 39.2 Å². The van der Waals surface area contributed by atoms with Crippen LogP contribution in [-0.2, 0) is 17.0 Å². The molecule has 0 N–H and O–H groups in total. The molecule has 0 aliphatic carbocycles. The van der Waals surface area contributed by atoms with Crippen molar-refractivity contribution in [3.05, 3.63) is 59.4 Å². The Labute approximate surface area is 154 Å². The molecule has 2 aromatic rings. The van der Waals surface area contributed by atoms with Gasteiger partial charge in [-0.05, 0) is 50.6 Å². The van der Waals surface area contributed by atoms with Gasteiger partial charge in [-0.1, -0.05) is 12.1 Å². The molecule has 0 fully saturated rings. The first-order chi connectivity index (χ1) is 12.0. The van der Waals surface area contributed by atoms with Crippen molar-refractivity contribution in [2.45, 2.75) is 37.6 Å². The summed E-state index contributed by atoms with van der Waals surface area (Å²) in [5.41, 5.74) is 0.463. The van der Waals surface area contributed by atoms with Crippen LogP contribution in [0.2, 0.25) is 0 Å². The van der Waals surface area contributed by atoms with Crippen LogP contribution in [0.4, 0.5) is 13.2 Å². The number of methoxy groups -OCH3 is 1. The van der Waals surface area contributed by atoms with Crippen LogP contribution < -0.4 is 4.74 Å². The van der Waals surface area contributed by atoms with Crippen LogP contribution in [0.3, 0.4) is 0 Å². The Hall–Kier alpha value is -1.89. The predicted octanol–water partition coefficient (Wildman–Crippen LogP) is 4.79. The molecule has 0 unspecified atom stereocenters. The van der Waals surface area contributed by atoms with Gasteiger partial charge in [0.25, 0.3) is 0 Å². The maximum atomic E-state index is 12.8. The van der Waals surface area contributed by atoms with Crippen molar-refractivity contribution in [2.75, 3.05) is 12.9 Å². The van der Waals surface area contributed by atoms with E-state index in [4.69, 9.17) is 4.74 Å². The van der Waals surface area contributed by atoms with Gasteiger partial charge in [0.05, 0.1) is 18.4 Å². The fourth-order valence-corrected chi connectivity index (χ4v) is 3.63. The average Bonchev–Trinajstić information content (AvgIpc) is 2.58. The molecule has 2 atom stereocenters. The minimum Gasteiger partial charge on any atom is -0.495 e. The number of pyridine rings is 1. The summed E-state index contributed by atoms with van der Waals surface area (Å²) in [4.78, 5) is 4.35. The number of hydrogen-bond acceptors (Lipinski definition) is 3. The second kappa shape index (κ2) is 7.78. The molecule has 1 aromatic carbocycles. The molecular formula is C19H22F3NO2S. The van der Waals surface area contributed by atoms with Crippen LogP contribution in [0.5, 0.6) is 5.75 Å². The van der Waals surface area contributed by atoms with Crippen molar-refractivity contribution in [1.29, 1.82) is 0 Å². The molecule has 26 heavy (non-hydrogen) atoms. The molecule has 0 spiro atoms. The molecule has 0 saturated heterocycles. The quantitative estimate of drug-likeness (QED) is 0.743. The van der Waals surface area contributed by atoms with Gasteiger partial charge in [0.1, 0.15) is 5.75 Å². The van der Waals surface area contributed by atoms with E-state index in [2.05, 4.69) is 4.98 Å². The molecule has 3 nitrogen and oxygen atoms in total. The van der Waals surface area contributed by atoms with Crippen molar-refractivity contribution >= 4 is 10.8 Å². The van der Waals surface area contributed by atoms with Crippen LogP contribution in [0, 0.1) is 0 Å². The number of hydrogen-bond donors (Lipinski definition) is 0. The average molecular weight is 385 g/mol. The van der Waals surface area contributed by atoms with Gasteiger partial charge in [-0.25, -0.2) is 0 Å². The first-order valence-corrected chi connectivity index (χ1v) is 9.40. The first-order valence-electron chi connectivity index (χ1n) is 8.08. The lowest BCUT2D eigenvalue weighted by Gasteiger charge is -2.24. The van der Waals surface area contributed by atoms with Crippen LogP contribution >= 0.6 is 0 Å². The van der Waals surface area contributed by atoms with Crippen LogP contribution in [-0.4, -0.2) is 26.8 Å². The molecule has 1 heterocycles. The van der Waals surface area contributed by atoms with Crippen molar-refractivity contribution in [3.8, 4) is 5.75 Å². The van der Waals surface area contributed by atoms with Gasteiger partial charge in [-0.15, -0.1) is 0 Å². The summed E-state index contributed by atoms with van der Waals surface area (Å²) < 4.78 is 56.2. The van der Waals surface area contributed by atoms with Gasteiger partial charge in [0.15, 0.2) is 0 Å². The zero-order valence-corrected chi connectivity index (χ0v) is 15.9. The summed E-state index contributed by atoms with van der Waals surface area (Å²) in [7, 11) is 0.286. The third-order valence-corrected chi connectivity index (χ3v) is 5.99. The maximum absolute atomic E-state index is 12.8. The Morgan fingerprint density at radius 1 is 1.12 bits per heavy atom. The van der Waals surface area contributed by atoms with E-state index in [1.807, 2.05) is 20.8 Å². The third-order valence-electron chi connectivity index (χ3n) is 3.99. The van der Waals surface area contributed by atoms with Crippen molar-refractivity contribution in [1.82, 2.24) is 4.98 Å². The summed E-state index contributed by atoms with van der Waals surface area (Å²) in [6.07, 6.45) is -2.81. The molecule has 0 amide bonds. The lowest BCUT2D eigenvalue weighted by atomic mass is 9.95. The zero-order chi connectivity index (χ0) is 19.5. The van der Waals surface area contributed by atoms with Gasteiger partial charge in [-0.3, -0.25) is 9.19 Å². The van der Waals surface area contributed by atoms with Gasteiger partial charge in [0.2, 0.25) is 0 Å². The van der Waals surface area contributed by atoms with Crippen LogP contribution in [0.1, 0.15) is 43.5 Å². The highest BCUT2D eigenvalue weighted by Crippen LogP contribution is 2.35. The number of benzene rings is 1. The van der Waals surface area contributed by atoms with E-state index >= 15 is 0 Å². The molecule has 7 heteroatoms. The number of alkyl halides is 3. The third kappa shape index (κ3) is 4.84. The lowest BCUT2D eigenvalue weighted by Crippen LogP contribution is -2.27. The normalized spacial score (nSPS) is 14.7. The summed E-state index contributed by atoms with van der Waals surface area (Å²) >= 11 is 0. The smallest absolute Gasteiger partial charge is 0.416 e. The summed E-state index contributed by atoms with van der Waals surface area (Å²) in [6.45, 7) is 5.59. The number of rotatable bonds is 5. The first kappa shape index (κ1) is 20.4. The molecule has 0 bridgehead atoms. The second-order valence-corrected chi connectivity index (χ2v) is 9.14. The molecular weight excluding hydrogens is 363 g/mol. The highest BCUT2D eigenvalue weighted by Gasteiger charge is 2.32. The SMILES string of the molecule is COc1cccnc1[C@@H](C[S@@](=O)C(C)(C)C)c1ccc(C(F)(F)F)cc1. The van der Waals surface area contributed by atoms with Crippen molar-refractivity contribution in [3.63, 3.8) is 0 Å². The largest absolute Gasteiger partial charge is 0.495 e. The maximum Gasteiger partial charge on any atom is 0.416 e. The van der Waals surface area contributed by atoms with E-state index in [0.717, 1.165) is 12.1 Å². The number of nitrogens with zero attached hydrogens (tertiary/aromatic N) is 1. The minimum absolute atomic E-state index is 0.238. The monoisotopic (exact) mass is 385 g/mol. The molecule has 142 valence electrons. The molecule has 0 aliphatic rings. The van der Waals surface area contributed by atoms with E-state index in [-0.39, 0.29) is 5.75 Å². The fraction of sp³-hybridized carbons (Fsp3) is 0.421. The fourth-order valence-electron chi connectivity index (χ4n) is 2.48. The molecule has 1 aromatic heterocycles. The van der Waals surface area contributed by atoms with Crippen LogP contribution in [0.25, 0.3) is 0 Å². The Balaban J connectivity index is 2.48. The number of ether oxygens (including phenoxy) is 1. The minimum atomic E-state index is -4.40. The van der Waals surface area contributed by atoms with E-state index in [0.29, 0.717) is 17.0 Å².